The number of fused-ring (bicyclic) bond motifs is 1. The molecule has 0 amide bonds. The zero-order valence-corrected chi connectivity index (χ0v) is 8.45. The number of hydrogen-bond acceptors (Lipinski definition) is 3. The lowest BCUT2D eigenvalue weighted by atomic mass is 10.1. The molecule has 0 fully saturated rings. The van der Waals surface area contributed by atoms with Crippen molar-refractivity contribution in [3.63, 3.8) is 0 Å². The number of hydrogen-bond donors (Lipinski definition) is 2. The van der Waals surface area contributed by atoms with E-state index in [0.29, 0.717) is 10.7 Å². The SMILES string of the molecule is CNCC1CCc2[nH]c(=S)ncc21. The lowest BCUT2D eigenvalue weighted by Crippen LogP contribution is -2.15. The molecule has 0 aliphatic heterocycles. The van der Waals surface area contributed by atoms with Crippen LogP contribution in [0.3, 0.4) is 0 Å². The number of nitrogens with one attached hydrogen (secondary N) is 2. The molecule has 2 N–H and O–H groups in total. The van der Waals surface area contributed by atoms with Crippen molar-refractivity contribution in [1.82, 2.24) is 15.3 Å². The lowest BCUT2D eigenvalue weighted by Gasteiger charge is -2.08. The van der Waals surface area contributed by atoms with E-state index in [0.717, 1.165) is 13.0 Å². The Bertz CT molecular complexity index is 358. The summed E-state index contributed by atoms with van der Waals surface area (Å²) in [6.45, 7) is 1.03. The first-order chi connectivity index (χ1) is 6.31. The van der Waals surface area contributed by atoms with Gasteiger partial charge >= 0.3 is 0 Å². The van der Waals surface area contributed by atoms with E-state index in [2.05, 4.69) is 15.3 Å². The number of H-pyrrole nitrogens is 1. The van der Waals surface area contributed by atoms with Gasteiger partial charge in [0.2, 0.25) is 0 Å². The van der Waals surface area contributed by atoms with Crippen molar-refractivity contribution in [2.75, 3.05) is 13.6 Å². The van der Waals surface area contributed by atoms with Gasteiger partial charge < -0.3 is 10.3 Å². The normalized spacial score (nSPS) is 20.2. The van der Waals surface area contributed by atoms with Gasteiger partial charge in [-0.2, -0.15) is 0 Å². The van der Waals surface area contributed by atoms with Crippen molar-refractivity contribution in [2.45, 2.75) is 18.8 Å². The topological polar surface area (TPSA) is 40.7 Å². The quantitative estimate of drug-likeness (QED) is 0.701. The predicted octanol–water partition coefficient (Wildman–Crippen LogP) is 1.39. The summed E-state index contributed by atoms with van der Waals surface area (Å²) in [7, 11) is 1.98. The van der Waals surface area contributed by atoms with Crippen LogP contribution in [0, 0.1) is 4.77 Å². The second-order valence-electron chi connectivity index (χ2n) is 3.42. The van der Waals surface area contributed by atoms with Crippen LogP contribution in [0.2, 0.25) is 0 Å². The largest absolute Gasteiger partial charge is 0.334 e. The van der Waals surface area contributed by atoms with Gasteiger partial charge in [0, 0.05) is 18.4 Å². The zero-order chi connectivity index (χ0) is 9.26. The fraction of sp³-hybridized carbons (Fsp3) is 0.556. The fourth-order valence-electron chi connectivity index (χ4n) is 1.93. The van der Waals surface area contributed by atoms with Gasteiger partial charge in [-0.25, -0.2) is 4.98 Å². The summed E-state index contributed by atoms with van der Waals surface area (Å²) in [5.74, 6) is 0.611. The van der Waals surface area contributed by atoms with Crippen molar-refractivity contribution in [1.29, 1.82) is 0 Å². The molecule has 1 aliphatic carbocycles. The summed E-state index contributed by atoms with van der Waals surface area (Å²) in [5, 5.41) is 3.20. The van der Waals surface area contributed by atoms with E-state index in [4.69, 9.17) is 12.2 Å². The number of aryl methyl sites for hydroxylation is 1. The van der Waals surface area contributed by atoms with Crippen molar-refractivity contribution < 1.29 is 0 Å². The Morgan fingerprint density at radius 3 is 3.38 bits per heavy atom. The number of rotatable bonds is 2. The average Bonchev–Trinajstić information content (AvgIpc) is 2.49. The van der Waals surface area contributed by atoms with Crippen LogP contribution in [0.1, 0.15) is 23.6 Å². The fourth-order valence-corrected chi connectivity index (χ4v) is 2.11. The summed E-state index contributed by atoms with van der Waals surface area (Å²) >= 11 is 4.97. The maximum atomic E-state index is 4.97. The van der Waals surface area contributed by atoms with Gasteiger partial charge in [0.1, 0.15) is 0 Å². The maximum absolute atomic E-state index is 4.97. The van der Waals surface area contributed by atoms with Gasteiger partial charge in [-0.1, -0.05) is 0 Å². The maximum Gasteiger partial charge on any atom is 0.196 e. The molecular weight excluding hydrogens is 182 g/mol. The monoisotopic (exact) mass is 195 g/mol. The molecule has 1 aromatic rings. The Morgan fingerprint density at radius 1 is 1.77 bits per heavy atom. The number of aromatic nitrogens is 2. The van der Waals surface area contributed by atoms with Gasteiger partial charge in [-0.3, -0.25) is 0 Å². The van der Waals surface area contributed by atoms with Crippen LogP contribution in [0.15, 0.2) is 6.20 Å². The molecule has 3 nitrogen and oxygen atoms in total. The van der Waals surface area contributed by atoms with Crippen molar-refractivity contribution >= 4 is 12.2 Å². The molecule has 1 atom stereocenters. The summed E-state index contributed by atoms with van der Waals surface area (Å²) in [5.41, 5.74) is 2.61. The van der Waals surface area contributed by atoms with Crippen LogP contribution in [0.4, 0.5) is 0 Å². The van der Waals surface area contributed by atoms with Crippen molar-refractivity contribution in [3.05, 3.63) is 22.2 Å². The molecule has 0 spiro atoms. The summed E-state index contributed by atoms with van der Waals surface area (Å²) in [6, 6.07) is 0. The molecule has 1 unspecified atom stereocenters. The highest BCUT2D eigenvalue weighted by molar-refractivity contribution is 7.71. The predicted molar refractivity (Wildman–Crippen MR) is 54.4 cm³/mol. The summed E-state index contributed by atoms with van der Waals surface area (Å²) in [6.07, 6.45) is 4.23. The highest BCUT2D eigenvalue weighted by Gasteiger charge is 2.22. The van der Waals surface area contributed by atoms with Crippen LogP contribution >= 0.6 is 12.2 Å². The second-order valence-corrected chi connectivity index (χ2v) is 3.80. The Balaban J connectivity index is 2.32. The Hall–Kier alpha value is -0.740. The molecule has 0 bridgehead atoms. The van der Waals surface area contributed by atoms with E-state index < -0.39 is 0 Å². The van der Waals surface area contributed by atoms with Gasteiger partial charge in [0.05, 0.1) is 0 Å². The summed E-state index contributed by atoms with van der Waals surface area (Å²) < 4.78 is 0.601. The number of likely N-dealkylation sites (N-methyl/N-ethyl adjacent to an activating group) is 1. The molecule has 1 heterocycles. The number of nitrogens with zero attached hydrogens (tertiary/aromatic N) is 1. The Kier molecular flexibility index (Phi) is 2.42. The van der Waals surface area contributed by atoms with E-state index in [-0.39, 0.29) is 0 Å². The minimum absolute atomic E-state index is 0.601. The molecule has 0 saturated carbocycles. The molecule has 0 aromatic carbocycles. The minimum Gasteiger partial charge on any atom is -0.334 e. The first kappa shape index (κ1) is 8.84. The van der Waals surface area contributed by atoms with Crippen molar-refractivity contribution in [3.8, 4) is 0 Å². The molecule has 2 rings (SSSR count). The highest BCUT2D eigenvalue weighted by Crippen LogP contribution is 2.30. The average molecular weight is 195 g/mol. The third kappa shape index (κ3) is 1.64. The van der Waals surface area contributed by atoms with Crippen LogP contribution < -0.4 is 5.32 Å². The highest BCUT2D eigenvalue weighted by atomic mass is 32.1. The standard InChI is InChI=1S/C9H13N3S/c1-10-4-6-2-3-8-7(6)5-11-9(13)12-8/h5-6,10H,2-4H2,1H3,(H,11,12,13). The zero-order valence-electron chi connectivity index (χ0n) is 7.63. The van der Waals surface area contributed by atoms with Crippen LogP contribution in [0.25, 0.3) is 0 Å². The Labute approximate surface area is 82.6 Å². The molecule has 1 aromatic heterocycles. The molecule has 0 saturated heterocycles. The van der Waals surface area contributed by atoms with Crippen molar-refractivity contribution in [2.24, 2.45) is 0 Å². The van der Waals surface area contributed by atoms with Gasteiger partial charge in [0.15, 0.2) is 4.77 Å². The van der Waals surface area contributed by atoms with Gasteiger partial charge in [0.25, 0.3) is 0 Å². The van der Waals surface area contributed by atoms with E-state index in [9.17, 15) is 0 Å². The first-order valence-corrected chi connectivity index (χ1v) is 4.95. The molecular formula is C9H13N3S. The van der Waals surface area contributed by atoms with Gasteiger partial charge in [-0.05, 0) is 43.6 Å². The lowest BCUT2D eigenvalue weighted by molar-refractivity contribution is 0.622. The smallest absolute Gasteiger partial charge is 0.196 e. The van der Waals surface area contributed by atoms with Crippen LogP contribution in [-0.4, -0.2) is 23.6 Å². The van der Waals surface area contributed by atoms with Crippen LogP contribution in [-0.2, 0) is 6.42 Å². The second kappa shape index (κ2) is 3.55. The van der Waals surface area contributed by atoms with Gasteiger partial charge in [-0.15, -0.1) is 0 Å². The molecule has 1 aliphatic rings. The third-order valence-electron chi connectivity index (χ3n) is 2.56. The molecule has 13 heavy (non-hydrogen) atoms. The molecule has 4 heteroatoms. The van der Waals surface area contributed by atoms with E-state index in [1.165, 1.54) is 17.7 Å². The molecule has 70 valence electrons. The first-order valence-electron chi connectivity index (χ1n) is 4.54. The summed E-state index contributed by atoms with van der Waals surface area (Å²) in [4.78, 5) is 7.27. The third-order valence-corrected chi connectivity index (χ3v) is 2.77. The minimum atomic E-state index is 0.601. The van der Waals surface area contributed by atoms with E-state index >= 15 is 0 Å². The Morgan fingerprint density at radius 2 is 2.62 bits per heavy atom. The van der Waals surface area contributed by atoms with E-state index in [1.807, 2.05) is 13.2 Å². The number of aromatic amines is 1. The molecule has 0 radical (unpaired) electrons. The van der Waals surface area contributed by atoms with E-state index in [1.54, 1.807) is 0 Å². The van der Waals surface area contributed by atoms with Crippen LogP contribution in [0.5, 0.6) is 0 Å².